The zero-order valence-corrected chi connectivity index (χ0v) is 12.3. The van der Waals surface area contributed by atoms with Crippen LogP contribution in [0.5, 0.6) is 0 Å². The number of anilines is 1. The highest BCUT2D eigenvalue weighted by Gasteiger charge is 2.39. The molecule has 23 heavy (non-hydrogen) atoms. The molecule has 0 spiro atoms. The number of para-hydroxylation sites is 1. The van der Waals surface area contributed by atoms with Gasteiger partial charge in [0.15, 0.2) is 0 Å². The molecule has 1 saturated heterocycles. The molecule has 0 aromatic heterocycles. The zero-order valence-electron chi connectivity index (χ0n) is 12.3. The summed E-state index contributed by atoms with van der Waals surface area (Å²) in [6.45, 7) is 0.744. The molecule has 124 valence electrons. The van der Waals surface area contributed by atoms with Crippen molar-refractivity contribution in [3.05, 3.63) is 29.8 Å². The van der Waals surface area contributed by atoms with Gasteiger partial charge in [0.1, 0.15) is 6.54 Å². The fourth-order valence-corrected chi connectivity index (χ4v) is 2.68. The van der Waals surface area contributed by atoms with E-state index in [1.807, 2.05) is 0 Å². The van der Waals surface area contributed by atoms with Crippen molar-refractivity contribution in [1.29, 1.82) is 0 Å². The minimum absolute atomic E-state index is 0.216. The van der Waals surface area contributed by atoms with Crippen LogP contribution in [0.25, 0.3) is 0 Å². The molecule has 1 heterocycles. The van der Waals surface area contributed by atoms with Crippen LogP contribution < -0.4 is 5.32 Å². The lowest BCUT2D eigenvalue weighted by Gasteiger charge is -2.18. The second-order valence-corrected chi connectivity index (χ2v) is 5.72. The maximum atomic E-state index is 12.9. The summed E-state index contributed by atoms with van der Waals surface area (Å²) in [5.41, 5.74) is -1.20. The maximum absolute atomic E-state index is 12.9. The van der Waals surface area contributed by atoms with E-state index >= 15 is 0 Å². The normalized spacial score (nSPS) is 18.5. The van der Waals surface area contributed by atoms with Crippen LogP contribution in [0, 0.1) is 0 Å². The first kappa shape index (κ1) is 15.6. The Balaban J connectivity index is 1.63. The van der Waals surface area contributed by atoms with Gasteiger partial charge in [-0.05, 0) is 25.0 Å². The van der Waals surface area contributed by atoms with Gasteiger partial charge in [-0.3, -0.25) is 4.79 Å². The first-order valence-corrected chi connectivity index (χ1v) is 7.38. The predicted molar refractivity (Wildman–Crippen MR) is 76.8 cm³/mol. The lowest BCUT2D eigenvalue weighted by molar-refractivity contribution is -0.137. The van der Waals surface area contributed by atoms with E-state index in [1.165, 1.54) is 23.1 Å². The zero-order chi connectivity index (χ0) is 16.6. The molecule has 3 rings (SSSR count). The first-order chi connectivity index (χ1) is 10.9. The molecule has 1 aliphatic carbocycles. The summed E-state index contributed by atoms with van der Waals surface area (Å²) in [4.78, 5) is 27.2. The van der Waals surface area contributed by atoms with Crippen LogP contribution in [-0.2, 0) is 11.0 Å². The van der Waals surface area contributed by atoms with Gasteiger partial charge in [-0.2, -0.15) is 13.2 Å². The van der Waals surface area contributed by atoms with Gasteiger partial charge >= 0.3 is 12.2 Å². The second-order valence-electron chi connectivity index (χ2n) is 5.72. The van der Waals surface area contributed by atoms with Gasteiger partial charge in [0.05, 0.1) is 11.3 Å². The summed E-state index contributed by atoms with van der Waals surface area (Å²) in [5, 5.41) is 2.25. The van der Waals surface area contributed by atoms with Crippen molar-refractivity contribution in [1.82, 2.24) is 9.80 Å². The molecule has 0 unspecified atom stereocenters. The van der Waals surface area contributed by atoms with Gasteiger partial charge in [0.25, 0.3) is 0 Å². The third-order valence-electron chi connectivity index (χ3n) is 3.96. The van der Waals surface area contributed by atoms with E-state index in [-0.39, 0.29) is 24.3 Å². The molecule has 1 aliphatic heterocycles. The van der Waals surface area contributed by atoms with Crippen LogP contribution in [0.4, 0.5) is 23.7 Å². The number of carbonyl (C=O) groups excluding carboxylic acids is 2. The molecule has 1 N–H and O–H groups in total. The largest absolute Gasteiger partial charge is 0.418 e. The van der Waals surface area contributed by atoms with Gasteiger partial charge < -0.3 is 15.1 Å². The van der Waals surface area contributed by atoms with Crippen molar-refractivity contribution < 1.29 is 22.8 Å². The van der Waals surface area contributed by atoms with Crippen LogP contribution >= 0.6 is 0 Å². The Hall–Kier alpha value is -2.25. The average molecular weight is 327 g/mol. The number of rotatable bonds is 4. The Kier molecular flexibility index (Phi) is 3.91. The third-order valence-corrected chi connectivity index (χ3v) is 3.96. The summed E-state index contributed by atoms with van der Waals surface area (Å²) >= 11 is 0. The van der Waals surface area contributed by atoms with Crippen molar-refractivity contribution >= 4 is 17.6 Å². The molecule has 1 aromatic rings. The molecule has 0 radical (unpaired) electrons. The molecule has 1 saturated carbocycles. The van der Waals surface area contributed by atoms with Crippen LogP contribution in [-0.4, -0.2) is 47.4 Å². The molecule has 2 aliphatic rings. The number of halogens is 3. The van der Waals surface area contributed by atoms with Crippen molar-refractivity contribution in [2.75, 3.05) is 25.0 Å². The summed E-state index contributed by atoms with van der Waals surface area (Å²) in [5.74, 6) is -0.632. The van der Waals surface area contributed by atoms with E-state index in [0.29, 0.717) is 13.1 Å². The van der Waals surface area contributed by atoms with E-state index < -0.39 is 17.6 Å². The molecule has 3 amide bonds. The Morgan fingerprint density at radius 1 is 1.22 bits per heavy atom. The Labute approximate surface area is 131 Å². The number of hydrogen-bond donors (Lipinski definition) is 1. The molecule has 0 atom stereocenters. The van der Waals surface area contributed by atoms with E-state index in [2.05, 4.69) is 5.32 Å². The predicted octanol–water partition coefficient (Wildman–Crippen LogP) is 2.54. The summed E-state index contributed by atoms with van der Waals surface area (Å²) in [7, 11) is 0. The number of urea groups is 1. The molecule has 0 bridgehead atoms. The number of alkyl halides is 3. The van der Waals surface area contributed by atoms with Crippen molar-refractivity contribution in [3.8, 4) is 0 Å². The highest BCUT2D eigenvalue weighted by molar-refractivity contribution is 5.95. The van der Waals surface area contributed by atoms with E-state index in [9.17, 15) is 22.8 Å². The van der Waals surface area contributed by atoms with Crippen LogP contribution in [0.2, 0.25) is 0 Å². The minimum Gasteiger partial charge on any atom is -0.324 e. The maximum Gasteiger partial charge on any atom is 0.418 e. The van der Waals surface area contributed by atoms with E-state index in [4.69, 9.17) is 0 Å². The van der Waals surface area contributed by atoms with Crippen molar-refractivity contribution in [3.63, 3.8) is 0 Å². The summed E-state index contributed by atoms with van der Waals surface area (Å²) in [6.07, 6.45) is -2.59. The number of benzene rings is 1. The summed E-state index contributed by atoms with van der Waals surface area (Å²) in [6, 6.07) is 4.83. The van der Waals surface area contributed by atoms with E-state index in [1.54, 1.807) is 4.90 Å². The standard InChI is InChI=1S/C15H16F3N3O2/c16-15(17,18)11-3-1-2-4-12(11)19-13(22)9-20-7-8-21(14(20)23)10-5-6-10/h1-4,10H,5-9H2,(H,19,22). The number of nitrogens with zero attached hydrogens (tertiary/aromatic N) is 2. The molecular formula is C15H16F3N3O2. The molecule has 8 heteroatoms. The fourth-order valence-electron chi connectivity index (χ4n) is 2.68. The Bertz CT molecular complexity index is 629. The topological polar surface area (TPSA) is 52.7 Å². The van der Waals surface area contributed by atoms with Crippen LogP contribution in [0.15, 0.2) is 24.3 Å². The molecule has 2 fully saturated rings. The lowest BCUT2D eigenvalue weighted by Crippen LogP contribution is -2.38. The first-order valence-electron chi connectivity index (χ1n) is 7.38. The highest BCUT2D eigenvalue weighted by Crippen LogP contribution is 2.34. The SMILES string of the molecule is O=C(CN1CCN(C2CC2)C1=O)Nc1ccccc1C(F)(F)F. The Morgan fingerprint density at radius 2 is 1.91 bits per heavy atom. The average Bonchev–Trinajstić information content (AvgIpc) is 3.25. The Morgan fingerprint density at radius 3 is 2.57 bits per heavy atom. The molecular weight excluding hydrogens is 311 g/mol. The van der Waals surface area contributed by atoms with Crippen molar-refractivity contribution in [2.24, 2.45) is 0 Å². The minimum atomic E-state index is -4.55. The lowest BCUT2D eigenvalue weighted by atomic mass is 10.1. The number of amides is 3. The fraction of sp³-hybridized carbons (Fsp3) is 0.467. The summed E-state index contributed by atoms with van der Waals surface area (Å²) < 4.78 is 38.7. The van der Waals surface area contributed by atoms with Gasteiger partial charge in [-0.25, -0.2) is 4.79 Å². The van der Waals surface area contributed by atoms with Gasteiger partial charge in [0, 0.05) is 19.1 Å². The highest BCUT2D eigenvalue weighted by atomic mass is 19.4. The van der Waals surface area contributed by atoms with Gasteiger partial charge in [0.2, 0.25) is 5.91 Å². The molecule has 1 aromatic carbocycles. The number of hydrogen-bond acceptors (Lipinski definition) is 2. The smallest absolute Gasteiger partial charge is 0.324 e. The van der Waals surface area contributed by atoms with Gasteiger partial charge in [-0.1, -0.05) is 12.1 Å². The van der Waals surface area contributed by atoms with Crippen LogP contribution in [0.3, 0.4) is 0 Å². The third kappa shape index (κ3) is 3.40. The van der Waals surface area contributed by atoms with Crippen molar-refractivity contribution in [2.45, 2.75) is 25.1 Å². The van der Waals surface area contributed by atoms with E-state index in [0.717, 1.165) is 18.9 Å². The van der Waals surface area contributed by atoms with Crippen LogP contribution in [0.1, 0.15) is 18.4 Å². The number of nitrogens with one attached hydrogen (secondary N) is 1. The molecule has 5 nitrogen and oxygen atoms in total. The quantitative estimate of drug-likeness (QED) is 0.924. The monoisotopic (exact) mass is 327 g/mol. The second kappa shape index (κ2) is 5.75. The van der Waals surface area contributed by atoms with Gasteiger partial charge in [-0.15, -0.1) is 0 Å². The number of carbonyl (C=O) groups is 2.